The zero-order valence-corrected chi connectivity index (χ0v) is 19.6. The average Bonchev–Trinajstić information content (AvgIpc) is 3.23. The number of benzene rings is 1. The van der Waals surface area contributed by atoms with Gasteiger partial charge in [0.1, 0.15) is 11.9 Å². The maximum atomic E-state index is 12.8. The molecule has 35 heavy (non-hydrogen) atoms. The van der Waals surface area contributed by atoms with E-state index in [1.165, 1.54) is 6.42 Å². The highest BCUT2D eigenvalue weighted by Gasteiger charge is 2.34. The Morgan fingerprint density at radius 2 is 1.86 bits per heavy atom. The van der Waals surface area contributed by atoms with Crippen molar-refractivity contribution in [1.29, 1.82) is 0 Å². The minimum Gasteiger partial charge on any atom is -0.356 e. The number of carbonyl (C=O) groups excluding carboxylic acids is 3. The standard InChI is InChI=1S/C26H30N6O3/c33-23(12-11-20-25(35)28-19-9-3-2-8-18(19)24(34)29-20)27-17-26(13-5-1-6-14-26)16-22-31-30-21-10-4-7-15-32(21)22/h2-4,7-10,15,20H,1,5-6,11-14,16-17H2,(H,27,33)(H,28,35)(H,29,34)/t20-/m0/s1. The number of hydrogen-bond donors (Lipinski definition) is 3. The third-order valence-corrected chi connectivity index (χ3v) is 7.20. The molecular weight excluding hydrogens is 444 g/mol. The molecule has 1 saturated carbocycles. The van der Waals surface area contributed by atoms with Gasteiger partial charge in [-0.3, -0.25) is 18.8 Å². The Bertz CT molecular complexity index is 1250. The largest absolute Gasteiger partial charge is 0.356 e. The van der Waals surface area contributed by atoms with Gasteiger partial charge in [-0.05, 0) is 48.9 Å². The van der Waals surface area contributed by atoms with Crippen molar-refractivity contribution in [2.75, 3.05) is 11.9 Å². The van der Waals surface area contributed by atoms with Gasteiger partial charge < -0.3 is 16.0 Å². The first kappa shape index (κ1) is 23.0. The summed E-state index contributed by atoms with van der Waals surface area (Å²) in [6, 6.07) is 12.0. The van der Waals surface area contributed by atoms with E-state index in [0.29, 0.717) is 17.8 Å². The predicted octanol–water partition coefficient (Wildman–Crippen LogP) is 2.87. The average molecular weight is 475 g/mol. The molecule has 1 aliphatic carbocycles. The SMILES string of the molecule is O=C(CC[C@@H]1NC(=O)c2ccccc2NC1=O)NCC1(Cc2nnc3ccccn23)CCCCC1. The quantitative estimate of drug-likeness (QED) is 0.487. The van der Waals surface area contributed by atoms with E-state index in [-0.39, 0.29) is 36.0 Å². The number of pyridine rings is 1. The summed E-state index contributed by atoms with van der Waals surface area (Å²) < 4.78 is 2.02. The second-order valence-corrected chi connectivity index (χ2v) is 9.66. The van der Waals surface area contributed by atoms with Crippen molar-refractivity contribution in [2.24, 2.45) is 5.41 Å². The van der Waals surface area contributed by atoms with Crippen LogP contribution in [-0.2, 0) is 16.0 Å². The number of carbonyl (C=O) groups is 3. The number of para-hydroxylation sites is 1. The highest BCUT2D eigenvalue weighted by Crippen LogP contribution is 2.38. The number of fused-ring (bicyclic) bond motifs is 2. The summed E-state index contributed by atoms with van der Waals surface area (Å²) in [6.07, 6.45) is 8.61. The van der Waals surface area contributed by atoms with Crippen LogP contribution in [0.25, 0.3) is 5.65 Å². The summed E-state index contributed by atoms with van der Waals surface area (Å²) in [7, 11) is 0. The van der Waals surface area contributed by atoms with E-state index in [2.05, 4.69) is 26.1 Å². The van der Waals surface area contributed by atoms with Gasteiger partial charge in [-0.15, -0.1) is 10.2 Å². The molecule has 3 heterocycles. The number of rotatable bonds is 7. The Balaban J connectivity index is 1.20. The number of aromatic nitrogens is 3. The molecule has 1 aromatic carbocycles. The van der Waals surface area contributed by atoms with Crippen LogP contribution < -0.4 is 16.0 Å². The van der Waals surface area contributed by atoms with Crippen molar-refractivity contribution in [3.8, 4) is 0 Å². The van der Waals surface area contributed by atoms with Gasteiger partial charge in [0.25, 0.3) is 5.91 Å². The van der Waals surface area contributed by atoms with Gasteiger partial charge in [-0.1, -0.05) is 37.5 Å². The minimum absolute atomic E-state index is 0.0672. The van der Waals surface area contributed by atoms with Crippen molar-refractivity contribution in [2.45, 2.75) is 57.4 Å². The van der Waals surface area contributed by atoms with E-state index >= 15 is 0 Å². The second kappa shape index (κ2) is 9.85. The first-order valence-electron chi connectivity index (χ1n) is 12.3. The molecule has 5 rings (SSSR count). The van der Waals surface area contributed by atoms with Gasteiger partial charge in [0.05, 0.1) is 11.3 Å². The van der Waals surface area contributed by atoms with Crippen LogP contribution in [-0.4, -0.2) is 44.9 Å². The van der Waals surface area contributed by atoms with Crippen LogP contribution in [0.1, 0.15) is 61.1 Å². The van der Waals surface area contributed by atoms with E-state index in [1.807, 2.05) is 28.8 Å². The number of amides is 3. The van der Waals surface area contributed by atoms with Crippen LogP contribution in [0.5, 0.6) is 0 Å². The molecule has 182 valence electrons. The van der Waals surface area contributed by atoms with Crippen molar-refractivity contribution < 1.29 is 14.4 Å². The van der Waals surface area contributed by atoms with E-state index in [0.717, 1.165) is 43.6 Å². The van der Waals surface area contributed by atoms with Gasteiger partial charge in [0.2, 0.25) is 11.8 Å². The molecule has 9 heteroatoms. The monoisotopic (exact) mass is 474 g/mol. The smallest absolute Gasteiger partial charge is 0.254 e. The van der Waals surface area contributed by atoms with Gasteiger partial charge in [-0.2, -0.15) is 0 Å². The van der Waals surface area contributed by atoms with Gasteiger partial charge >= 0.3 is 0 Å². The molecule has 1 aliphatic heterocycles. The molecule has 0 bridgehead atoms. The molecule has 0 unspecified atom stereocenters. The van der Waals surface area contributed by atoms with Gasteiger partial charge in [-0.25, -0.2) is 0 Å². The van der Waals surface area contributed by atoms with Crippen LogP contribution in [0.2, 0.25) is 0 Å². The van der Waals surface area contributed by atoms with Crippen LogP contribution in [0.3, 0.4) is 0 Å². The molecule has 3 aromatic rings. The fourth-order valence-corrected chi connectivity index (χ4v) is 5.23. The molecular formula is C26H30N6O3. The third kappa shape index (κ3) is 5.03. The zero-order valence-electron chi connectivity index (χ0n) is 19.6. The first-order valence-corrected chi connectivity index (χ1v) is 12.3. The number of nitrogens with one attached hydrogen (secondary N) is 3. The zero-order chi connectivity index (χ0) is 24.3. The third-order valence-electron chi connectivity index (χ3n) is 7.20. The summed E-state index contributed by atoms with van der Waals surface area (Å²) >= 11 is 0. The first-order chi connectivity index (χ1) is 17.0. The summed E-state index contributed by atoms with van der Waals surface area (Å²) in [4.78, 5) is 37.9. The maximum absolute atomic E-state index is 12.8. The van der Waals surface area contributed by atoms with Gasteiger partial charge in [0, 0.05) is 25.6 Å². The second-order valence-electron chi connectivity index (χ2n) is 9.66. The van der Waals surface area contributed by atoms with Gasteiger partial charge in [0.15, 0.2) is 5.65 Å². The topological polar surface area (TPSA) is 117 Å². The molecule has 9 nitrogen and oxygen atoms in total. The van der Waals surface area contributed by atoms with Crippen LogP contribution in [0.15, 0.2) is 48.7 Å². The lowest BCUT2D eigenvalue weighted by molar-refractivity contribution is -0.122. The summed E-state index contributed by atoms with van der Waals surface area (Å²) in [6.45, 7) is 0.558. The normalized spacial score (nSPS) is 19.4. The number of hydrogen-bond acceptors (Lipinski definition) is 5. The maximum Gasteiger partial charge on any atom is 0.254 e. The Kier molecular flexibility index (Phi) is 6.48. The molecule has 2 aliphatic rings. The molecule has 3 amide bonds. The highest BCUT2D eigenvalue weighted by molar-refractivity contribution is 6.09. The van der Waals surface area contributed by atoms with E-state index in [4.69, 9.17) is 0 Å². The van der Waals surface area contributed by atoms with E-state index in [9.17, 15) is 14.4 Å². The van der Waals surface area contributed by atoms with E-state index < -0.39 is 6.04 Å². The Morgan fingerprint density at radius 1 is 1.06 bits per heavy atom. The number of nitrogens with zero attached hydrogens (tertiary/aromatic N) is 3. The van der Waals surface area contributed by atoms with E-state index in [1.54, 1.807) is 24.3 Å². The summed E-state index contributed by atoms with van der Waals surface area (Å²) in [5, 5.41) is 17.3. The Morgan fingerprint density at radius 3 is 2.71 bits per heavy atom. The molecule has 0 spiro atoms. The van der Waals surface area contributed by atoms with Crippen molar-refractivity contribution in [1.82, 2.24) is 25.2 Å². The lowest BCUT2D eigenvalue weighted by Crippen LogP contribution is -2.43. The molecule has 0 radical (unpaired) electrons. The van der Waals surface area contributed by atoms with Crippen molar-refractivity contribution >= 4 is 29.1 Å². The number of anilines is 1. The molecule has 1 atom stereocenters. The Labute approximate surface area is 203 Å². The minimum atomic E-state index is -0.758. The summed E-state index contributed by atoms with van der Waals surface area (Å²) in [5.41, 5.74) is 1.67. The fourth-order valence-electron chi connectivity index (χ4n) is 5.23. The highest BCUT2D eigenvalue weighted by atomic mass is 16.2. The Hall–Kier alpha value is -3.75. The molecule has 1 fully saturated rings. The van der Waals surface area contributed by atoms with Crippen molar-refractivity contribution in [3.05, 3.63) is 60.0 Å². The lowest BCUT2D eigenvalue weighted by atomic mass is 9.71. The van der Waals surface area contributed by atoms with Crippen molar-refractivity contribution in [3.63, 3.8) is 0 Å². The molecule has 3 N–H and O–H groups in total. The van der Waals surface area contributed by atoms with Crippen LogP contribution in [0.4, 0.5) is 5.69 Å². The fraction of sp³-hybridized carbons (Fsp3) is 0.423. The predicted molar refractivity (Wildman–Crippen MR) is 131 cm³/mol. The van der Waals surface area contributed by atoms with Crippen LogP contribution >= 0.6 is 0 Å². The molecule has 2 aromatic heterocycles. The summed E-state index contributed by atoms with van der Waals surface area (Å²) in [5.74, 6) is 0.170. The molecule has 0 saturated heterocycles. The lowest BCUT2D eigenvalue weighted by Gasteiger charge is -2.37. The van der Waals surface area contributed by atoms with Crippen LogP contribution in [0, 0.1) is 5.41 Å².